The number of ketones is 8. The summed E-state index contributed by atoms with van der Waals surface area (Å²) in [5.41, 5.74) is 5.87. The molecule has 12 aliphatic carbocycles. The van der Waals surface area contributed by atoms with Gasteiger partial charge < -0.3 is 125 Å². The molecule has 0 saturated heterocycles. The molecule has 4 aromatic carbocycles. The Morgan fingerprint density at radius 1 is 0.285 bits per heavy atom. The lowest BCUT2D eigenvalue weighted by Crippen LogP contribution is -2.70. The van der Waals surface area contributed by atoms with E-state index in [9.17, 15) is 160 Å². The van der Waals surface area contributed by atoms with Crippen molar-refractivity contribution >= 4 is 92.9 Å². The van der Waals surface area contributed by atoms with Crippen molar-refractivity contribution in [2.75, 3.05) is 56.4 Å². The second kappa shape index (κ2) is 44.9. The fraction of sp³-hybridized carbons (Fsp3) is 0.462. The van der Waals surface area contributed by atoms with E-state index in [0.717, 1.165) is 0 Å². The summed E-state index contributed by atoms with van der Waals surface area (Å²) in [5.74, 6) is -35.5. The summed E-state index contributed by atoms with van der Waals surface area (Å²) in [7, 11) is 11.7. The number of amides is 4. The van der Waals surface area contributed by atoms with E-state index >= 15 is 0 Å². The first-order valence-electron chi connectivity index (χ1n) is 47.0. The lowest BCUT2D eigenvalue weighted by Gasteiger charge is -2.53. The van der Waals surface area contributed by atoms with Gasteiger partial charge in [0, 0.05) is 46.0 Å². The molecule has 12 aliphatic rings. The largest absolute Gasteiger partial charge is 0.508 e. The number of aromatic hydroxyl groups is 4. The van der Waals surface area contributed by atoms with Crippen molar-refractivity contribution in [1.82, 2.24) is 19.6 Å². The molecule has 0 aliphatic heterocycles. The van der Waals surface area contributed by atoms with Crippen LogP contribution in [0.15, 0.2) is 165 Å². The number of aliphatic hydroxyl groups is 16. The Hall–Kier alpha value is -13.4. The number of nitrogens with zero attached hydrogens (tertiary/aromatic N) is 4. The number of rotatable bonds is 8. The maximum atomic E-state index is 13.7. The molecule has 28 N–H and O–H groups in total. The highest BCUT2D eigenvalue weighted by molar-refractivity contribution is 6.28. The Morgan fingerprint density at radius 2 is 0.431 bits per heavy atom. The average Bonchev–Trinajstić information content (AvgIpc) is 0.699. The number of primary amides is 4. The third-order valence-corrected chi connectivity index (χ3v) is 28.6. The quantitative estimate of drug-likeness (QED) is 0.0790. The Balaban J connectivity index is 0.000000248. The van der Waals surface area contributed by atoms with E-state index in [1.807, 2.05) is 107 Å². The van der Waals surface area contributed by atoms with Crippen LogP contribution in [0.3, 0.4) is 0 Å². The molecular weight excluding hydrogens is 1870 g/mol. The molecule has 4 fully saturated rings. The van der Waals surface area contributed by atoms with Gasteiger partial charge in [-0.1, -0.05) is 156 Å². The van der Waals surface area contributed by atoms with Crippen LogP contribution < -0.4 is 22.9 Å². The number of hydrogen-bond acceptors (Lipinski definition) is 36. The molecule has 24 atom stereocenters. The molecule has 4 saturated carbocycles. The second-order valence-electron chi connectivity index (χ2n) is 36.5. The van der Waals surface area contributed by atoms with Gasteiger partial charge in [-0.3, -0.25) is 77.1 Å². The number of carbonyl (C=O) groups is 12. The van der Waals surface area contributed by atoms with Gasteiger partial charge in [-0.2, -0.15) is 0 Å². The summed E-state index contributed by atoms with van der Waals surface area (Å²) in [6, 6.07) is 12.5. The van der Waals surface area contributed by atoms with Crippen molar-refractivity contribution in [1.29, 1.82) is 0 Å². The number of fused-ring (bicyclic) bond motifs is 12. The molecule has 0 radical (unpaired) electrons. The van der Waals surface area contributed by atoms with Crippen LogP contribution in [0.2, 0.25) is 0 Å². The topological polar surface area (TPSA) is 726 Å². The zero-order chi connectivity index (χ0) is 110. The second-order valence-corrected chi connectivity index (χ2v) is 36.5. The van der Waals surface area contributed by atoms with Gasteiger partial charge in [0.1, 0.15) is 91.4 Å². The standard InChI is InChI=1S/4C22H24N2O8.2C4H8.4C2H6/c4*1-7-8-5-4-6-9(25)11(8)16(26)12-10(7)17(27)14-15(24(2)3)18(28)13(21(23)31)20(30)22(14,32)19(12)29;2*1-3-4-2;4*1-2/h4*4-7,10,14-15,17,25-27,30,32H,1-3H3,(H2,23,31);2*3-4H,1-2H3;4*1-2H3/b;;;;2*4-3+;;;;/t4*7?,10?,14?,15?,17?,22-;;;;;;/m0000....../s1. The first-order valence-corrected chi connectivity index (χ1v) is 47.0. The molecule has 4 amide bonds. The van der Waals surface area contributed by atoms with E-state index in [2.05, 4.69) is 0 Å². The lowest BCUT2D eigenvalue weighted by molar-refractivity contribution is -0.170. The summed E-state index contributed by atoms with van der Waals surface area (Å²) in [5, 5.41) is 220. The van der Waals surface area contributed by atoms with E-state index in [4.69, 9.17) is 22.9 Å². The molecule has 40 heteroatoms. The van der Waals surface area contributed by atoms with E-state index in [-0.39, 0.29) is 45.3 Å². The number of benzene rings is 4. The van der Waals surface area contributed by atoms with Crippen molar-refractivity contribution in [3.63, 3.8) is 0 Å². The van der Waals surface area contributed by atoms with Crippen LogP contribution >= 0.6 is 0 Å². The van der Waals surface area contributed by atoms with Gasteiger partial charge in [-0.15, -0.1) is 0 Å². The predicted octanol–water partition coefficient (Wildman–Crippen LogP) is 5.25. The predicted molar refractivity (Wildman–Crippen MR) is 528 cm³/mol. The number of phenolic OH excluding ortho intramolecular Hbond substituents is 4. The molecule has 0 spiro atoms. The highest BCUT2D eigenvalue weighted by atomic mass is 16.4. The van der Waals surface area contributed by atoms with Crippen molar-refractivity contribution in [2.24, 2.45) is 70.3 Å². The highest BCUT2D eigenvalue weighted by Crippen LogP contribution is 2.62. The number of nitrogens with two attached hydrogens (primary N) is 4. The van der Waals surface area contributed by atoms with Crippen LogP contribution in [0.4, 0.5) is 0 Å². The van der Waals surface area contributed by atoms with E-state index in [1.165, 1.54) is 100 Å². The van der Waals surface area contributed by atoms with Crippen molar-refractivity contribution < 1.29 is 160 Å². The van der Waals surface area contributed by atoms with Crippen LogP contribution in [0.1, 0.15) is 179 Å². The number of aliphatic hydroxyl groups excluding tert-OH is 12. The number of carbonyl (C=O) groups excluding carboxylic acids is 12. The summed E-state index contributed by atoms with van der Waals surface area (Å²) in [4.78, 5) is 160. The van der Waals surface area contributed by atoms with Gasteiger partial charge >= 0.3 is 0 Å². The molecule has 40 nitrogen and oxygen atoms in total. The molecule has 4 aromatic rings. The fourth-order valence-electron chi connectivity index (χ4n) is 22.3. The van der Waals surface area contributed by atoms with Gasteiger partial charge in [0.15, 0.2) is 45.5 Å². The Kier molecular flexibility index (Phi) is 36.6. The van der Waals surface area contributed by atoms with Crippen molar-refractivity contribution in [3.05, 3.63) is 209 Å². The van der Waals surface area contributed by atoms with Gasteiger partial charge in [0.2, 0.25) is 23.1 Å². The number of phenols is 4. The van der Waals surface area contributed by atoms with Crippen molar-refractivity contribution in [2.45, 2.75) is 205 Å². The number of hydrogen-bond donors (Lipinski definition) is 24. The fourth-order valence-corrected chi connectivity index (χ4v) is 22.3. The van der Waals surface area contributed by atoms with Crippen molar-refractivity contribution in [3.8, 4) is 23.0 Å². The van der Waals surface area contributed by atoms with E-state index < -0.39 is 303 Å². The van der Waals surface area contributed by atoms with Crippen LogP contribution in [0, 0.1) is 47.3 Å². The summed E-state index contributed by atoms with van der Waals surface area (Å²) >= 11 is 0. The highest BCUT2D eigenvalue weighted by Gasteiger charge is 2.74. The molecule has 784 valence electrons. The molecule has 0 heterocycles. The number of allylic oxidation sites excluding steroid dienone is 4. The minimum Gasteiger partial charge on any atom is -0.508 e. The summed E-state index contributed by atoms with van der Waals surface area (Å²) < 4.78 is 0. The minimum absolute atomic E-state index is 0.0245. The van der Waals surface area contributed by atoms with Gasteiger partial charge in [0.25, 0.3) is 23.6 Å². The maximum Gasteiger partial charge on any atom is 0.255 e. The first kappa shape index (κ1) is 118. The van der Waals surface area contributed by atoms with E-state index in [1.54, 1.807) is 76.2 Å². The normalized spacial score (nSPS) is 31.2. The molecule has 0 bridgehead atoms. The smallest absolute Gasteiger partial charge is 0.255 e. The molecule has 144 heavy (non-hydrogen) atoms. The Morgan fingerprint density at radius 3 is 0.556 bits per heavy atom. The first-order chi connectivity index (χ1) is 67.3. The maximum absolute atomic E-state index is 13.7. The van der Waals surface area contributed by atoms with Crippen LogP contribution in [-0.4, -0.2) is 319 Å². The molecule has 16 rings (SSSR count). The Labute approximate surface area is 832 Å². The molecule has 0 aromatic heterocycles. The van der Waals surface area contributed by atoms with Crippen LogP contribution in [0.5, 0.6) is 23.0 Å². The number of likely N-dealkylation sites (N-methyl/N-ethyl adjacent to an activating group) is 4. The zero-order valence-corrected chi connectivity index (χ0v) is 84.7. The van der Waals surface area contributed by atoms with Gasteiger partial charge in [0.05, 0.1) is 94.5 Å². The SMILES string of the molecule is C/C=C/C.C/C=C/C.CC.CC.CC.CC.CC1c2cccc(O)c2C(O)=C2C(=O)[C@]3(O)C(O)=C(C(N)=O)C(=O)C(N(C)C)C3C(O)C21.CC1c2cccc(O)c2C(O)=C2C(=O)[C@]3(O)C(O)=C(C(N)=O)C(=O)C(N(C)C)C3C(O)C21.CC1c2cccc(O)c2C(O)=C2C(=O)[C@]3(O)C(O)=C(C(N)=O)C(=O)C(N(C)C)C3C(O)C21.CC1c2cccc(O)c2C(O)=C2C(=O)[C@]3(O)C(O)=C(C(N)=O)C(=O)C(N(C)C)C3C(O)C21. The molecular formula is C104H136N8O32. The Bertz CT molecular complexity index is 5440. The summed E-state index contributed by atoms with van der Waals surface area (Å²) in [6.45, 7) is 30.7. The zero-order valence-electron chi connectivity index (χ0n) is 84.7. The molecule has 20 unspecified atom stereocenters. The monoisotopic (exact) mass is 2010 g/mol. The van der Waals surface area contributed by atoms with Crippen LogP contribution in [0.25, 0.3) is 23.0 Å². The van der Waals surface area contributed by atoms with Gasteiger partial charge in [-0.05, 0) is 154 Å². The minimum atomic E-state index is -2.89. The third kappa shape index (κ3) is 18.1. The van der Waals surface area contributed by atoms with Gasteiger partial charge in [-0.25, -0.2) is 0 Å². The number of Topliss-reactive ketones (excluding diaryl/α,β-unsaturated/α-hetero) is 8. The lowest BCUT2D eigenvalue weighted by atomic mass is 9.54. The summed E-state index contributed by atoms with van der Waals surface area (Å²) in [6.07, 6.45) is 1.64. The van der Waals surface area contributed by atoms with Crippen LogP contribution in [-0.2, 0) is 57.5 Å². The third-order valence-electron chi connectivity index (χ3n) is 28.6. The average molecular weight is 2010 g/mol. The van der Waals surface area contributed by atoms with E-state index in [0.29, 0.717) is 22.3 Å².